The summed E-state index contributed by atoms with van der Waals surface area (Å²) in [6, 6.07) is 7.03. The Bertz CT molecular complexity index is 1370. The standard InChI is InChI=1S/C37H52N4O8/c1-6-8-14-29(43)38(5)26(4)32(27-12-10-9-11-13-27)48-36(46)30-28-15-16-37(49-28)31(30)34(44)41(25(3)24-42)33(37)35(45)40(17-7-2)19-18-39-20-22-47-23-21-39/h6-7,9-13,25-26,28,30-33,42H,1-2,8,14-24H2,3-5H3/t25-,26-,28-,30+,31+,32+,33-,37+/m1/s1. The quantitative estimate of drug-likeness (QED) is 0.206. The minimum absolute atomic E-state index is 0.106. The van der Waals surface area contributed by atoms with Crippen molar-refractivity contribution in [1.82, 2.24) is 19.6 Å². The minimum atomic E-state index is -1.24. The number of carbonyl (C=O) groups excluding carboxylic acids is 4. The highest BCUT2D eigenvalue weighted by molar-refractivity contribution is 5.98. The van der Waals surface area contributed by atoms with Gasteiger partial charge in [-0.2, -0.15) is 0 Å². The minimum Gasteiger partial charge on any atom is -0.455 e. The van der Waals surface area contributed by atoms with Crippen LogP contribution in [-0.4, -0.2) is 138 Å². The van der Waals surface area contributed by atoms with Crippen LogP contribution in [0.25, 0.3) is 0 Å². The molecule has 0 aromatic heterocycles. The molecule has 2 bridgehead atoms. The first-order chi connectivity index (χ1) is 23.6. The molecule has 49 heavy (non-hydrogen) atoms. The lowest BCUT2D eigenvalue weighted by molar-refractivity contribution is -0.165. The van der Waals surface area contributed by atoms with E-state index in [-0.39, 0.29) is 31.4 Å². The number of hydrogen-bond acceptors (Lipinski definition) is 9. The van der Waals surface area contributed by atoms with Crippen molar-refractivity contribution in [2.45, 2.75) is 75.5 Å². The largest absolute Gasteiger partial charge is 0.455 e. The van der Waals surface area contributed by atoms with E-state index >= 15 is 0 Å². The van der Waals surface area contributed by atoms with E-state index in [1.807, 2.05) is 37.3 Å². The summed E-state index contributed by atoms with van der Waals surface area (Å²) in [5.41, 5.74) is -0.525. The second-order valence-electron chi connectivity index (χ2n) is 13.7. The summed E-state index contributed by atoms with van der Waals surface area (Å²) in [4.78, 5) is 63.3. The van der Waals surface area contributed by atoms with E-state index < -0.39 is 59.6 Å². The van der Waals surface area contributed by atoms with Crippen LogP contribution in [-0.2, 0) is 33.4 Å². The molecule has 12 nitrogen and oxygen atoms in total. The number of nitrogens with zero attached hydrogens (tertiary/aromatic N) is 4. The molecule has 0 saturated carbocycles. The first kappa shape index (κ1) is 36.7. The number of likely N-dealkylation sites (tertiary alicyclic amines) is 1. The zero-order valence-electron chi connectivity index (χ0n) is 29.1. The van der Waals surface area contributed by atoms with Crippen LogP contribution in [0.4, 0.5) is 0 Å². The number of ether oxygens (including phenoxy) is 3. The Morgan fingerprint density at radius 3 is 2.51 bits per heavy atom. The summed E-state index contributed by atoms with van der Waals surface area (Å²) in [5.74, 6) is -3.28. The van der Waals surface area contributed by atoms with Crippen molar-refractivity contribution in [3.05, 3.63) is 61.2 Å². The van der Waals surface area contributed by atoms with Gasteiger partial charge in [0.05, 0.1) is 49.8 Å². The molecule has 8 atom stereocenters. The highest BCUT2D eigenvalue weighted by atomic mass is 16.6. The van der Waals surface area contributed by atoms with Crippen LogP contribution < -0.4 is 0 Å². The van der Waals surface area contributed by atoms with Gasteiger partial charge in [-0.15, -0.1) is 13.2 Å². The first-order valence-corrected chi connectivity index (χ1v) is 17.5. The summed E-state index contributed by atoms with van der Waals surface area (Å²) in [6.45, 7) is 14.9. The van der Waals surface area contributed by atoms with Gasteiger partial charge < -0.3 is 34.0 Å². The maximum absolute atomic E-state index is 14.6. The molecular formula is C37H52N4O8. The predicted octanol–water partition coefficient (Wildman–Crippen LogP) is 2.19. The summed E-state index contributed by atoms with van der Waals surface area (Å²) in [6.07, 6.45) is 3.64. The molecule has 12 heteroatoms. The Hall–Kier alpha value is -3.58. The molecule has 268 valence electrons. The SMILES string of the molecule is C=CCCC(=O)N(C)[C@H](C)[C@H](OC(=O)[C@@H]1[C@H]2C(=O)N([C@H](C)CO)[C@H](C(=O)N(CC=C)CCN3CCOCC3)[C@]23CC[C@H]1O3)c1ccccc1. The third kappa shape index (κ3) is 7.19. The fourth-order valence-electron chi connectivity index (χ4n) is 8.03. The molecule has 4 heterocycles. The lowest BCUT2D eigenvalue weighted by Gasteiger charge is -2.39. The normalized spacial score (nSPS) is 28.0. The van der Waals surface area contributed by atoms with E-state index in [0.29, 0.717) is 51.1 Å². The van der Waals surface area contributed by atoms with E-state index in [2.05, 4.69) is 18.1 Å². The Morgan fingerprint density at radius 2 is 1.86 bits per heavy atom. The van der Waals surface area contributed by atoms with Gasteiger partial charge >= 0.3 is 5.97 Å². The third-order valence-corrected chi connectivity index (χ3v) is 10.8. The number of aliphatic hydroxyl groups is 1. The van der Waals surface area contributed by atoms with Crippen LogP contribution in [0.1, 0.15) is 51.2 Å². The highest BCUT2D eigenvalue weighted by Gasteiger charge is 2.75. The Balaban J connectivity index is 1.43. The second kappa shape index (κ2) is 16.0. The van der Waals surface area contributed by atoms with Gasteiger partial charge in [-0.3, -0.25) is 24.1 Å². The Kier molecular flexibility index (Phi) is 12.0. The first-order valence-electron chi connectivity index (χ1n) is 17.5. The number of aliphatic hydroxyl groups excluding tert-OH is 1. The lowest BCUT2D eigenvalue weighted by Crippen LogP contribution is -2.59. The van der Waals surface area contributed by atoms with E-state index in [9.17, 15) is 24.3 Å². The summed E-state index contributed by atoms with van der Waals surface area (Å²) in [5, 5.41) is 10.3. The number of esters is 1. The van der Waals surface area contributed by atoms with Crippen LogP contribution in [0.2, 0.25) is 0 Å². The summed E-state index contributed by atoms with van der Waals surface area (Å²) in [7, 11) is 1.69. The number of fused-ring (bicyclic) bond motifs is 1. The van der Waals surface area contributed by atoms with Crippen LogP contribution in [0, 0.1) is 11.8 Å². The maximum Gasteiger partial charge on any atom is 0.313 e. The molecule has 0 unspecified atom stereocenters. The Labute approximate surface area is 289 Å². The highest BCUT2D eigenvalue weighted by Crippen LogP contribution is 2.59. The number of amides is 3. The molecule has 1 aromatic carbocycles. The van der Waals surface area contributed by atoms with Crippen LogP contribution >= 0.6 is 0 Å². The third-order valence-electron chi connectivity index (χ3n) is 10.8. The van der Waals surface area contributed by atoms with Gasteiger partial charge in [-0.05, 0) is 38.7 Å². The van der Waals surface area contributed by atoms with E-state index in [1.165, 1.54) is 4.90 Å². The molecule has 3 amide bonds. The predicted molar refractivity (Wildman–Crippen MR) is 182 cm³/mol. The van der Waals surface area contributed by atoms with Crippen molar-refractivity contribution >= 4 is 23.7 Å². The average molecular weight is 681 g/mol. The monoisotopic (exact) mass is 680 g/mol. The van der Waals surface area contributed by atoms with Gasteiger partial charge in [0.2, 0.25) is 17.7 Å². The van der Waals surface area contributed by atoms with E-state index in [4.69, 9.17) is 14.2 Å². The molecule has 4 fully saturated rings. The maximum atomic E-state index is 14.6. The number of carbonyl (C=O) groups is 4. The van der Waals surface area contributed by atoms with Crippen LogP contribution in [0.3, 0.4) is 0 Å². The molecular weight excluding hydrogens is 628 g/mol. The fourth-order valence-corrected chi connectivity index (χ4v) is 8.03. The van der Waals surface area contributed by atoms with Crippen molar-refractivity contribution in [3.63, 3.8) is 0 Å². The average Bonchev–Trinajstić information content (AvgIpc) is 3.78. The number of morpholine rings is 1. The van der Waals surface area contributed by atoms with Crippen LogP contribution in [0.15, 0.2) is 55.6 Å². The molecule has 0 radical (unpaired) electrons. The van der Waals surface area contributed by atoms with Gasteiger partial charge in [-0.25, -0.2) is 0 Å². The molecule has 0 aliphatic carbocycles. The number of rotatable bonds is 16. The zero-order chi connectivity index (χ0) is 35.3. The van der Waals surface area contributed by atoms with Crippen molar-refractivity contribution in [3.8, 4) is 0 Å². The fraction of sp³-hybridized carbons (Fsp3) is 0.622. The second-order valence-corrected chi connectivity index (χ2v) is 13.7. The smallest absolute Gasteiger partial charge is 0.313 e. The van der Waals surface area contributed by atoms with Crippen molar-refractivity contribution in [2.75, 3.05) is 59.6 Å². The zero-order valence-corrected chi connectivity index (χ0v) is 29.1. The van der Waals surface area contributed by atoms with Gasteiger partial charge in [-0.1, -0.05) is 42.5 Å². The molecule has 1 spiro atoms. The molecule has 5 rings (SSSR count). The van der Waals surface area contributed by atoms with Gasteiger partial charge in [0, 0.05) is 46.2 Å². The lowest BCUT2D eigenvalue weighted by atomic mass is 9.70. The van der Waals surface area contributed by atoms with Crippen molar-refractivity contribution in [1.29, 1.82) is 0 Å². The molecule has 4 aliphatic rings. The van der Waals surface area contributed by atoms with E-state index in [0.717, 1.165) is 13.1 Å². The van der Waals surface area contributed by atoms with Crippen LogP contribution in [0.5, 0.6) is 0 Å². The Morgan fingerprint density at radius 1 is 1.14 bits per heavy atom. The molecule has 1 N–H and O–H groups in total. The number of allylic oxidation sites excluding steroid dienone is 1. The van der Waals surface area contributed by atoms with E-state index in [1.54, 1.807) is 35.9 Å². The van der Waals surface area contributed by atoms with Crippen molar-refractivity contribution < 1.29 is 38.5 Å². The number of benzene rings is 1. The van der Waals surface area contributed by atoms with Gasteiger partial charge in [0.1, 0.15) is 17.7 Å². The van der Waals surface area contributed by atoms with Gasteiger partial charge in [0.15, 0.2) is 0 Å². The topological polar surface area (TPSA) is 129 Å². The molecule has 1 aromatic rings. The summed E-state index contributed by atoms with van der Waals surface area (Å²) < 4.78 is 18.4. The summed E-state index contributed by atoms with van der Waals surface area (Å²) >= 11 is 0. The molecule has 4 aliphatic heterocycles. The number of likely N-dealkylation sites (N-methyl/N-ethyl adjacent to an activating group) is 1. The van der Waals surface area contributed by atoms with Crippen molar-refractivity contribution in [2.24, 2.45) is 11.8 Å². The number of hydrogen-bond donors (Lipinski definition) is 1. The van der Waals surface area contributed by atoms with Gasteiger partial charge in [0.25, 0.3) is 0 Å². The molecule has 4 saturated heterocycles.